The van der Waals surface area contributed by atoms with Crippen molar-refractivity contribution in [1.82, 2.24) is 5.32 Å². The minimum Gasteiger partial charge on any atom is -0.493 e. The van der Waals surface area contributed by atoms with E-state index in [0.717, 1.165) is 5.56 Å². The molecular formula is C27H24ClNO7. The normalized spacial score (nSPS) is 10.6. The molecule has 1 N–H and O–H groups in total. The number of carbonyl (C=O) groups excluding carboxylic acids is 1. The number of methoxy groups -OCH3 is 2. The molecule has 0 aliphatic heterocycles. The molecule has 9 heteroatoms. The van der Waals surface area contributed by atoms with Gasteiger partial charge in [-0.3, -0.25) is 9.59 Å². The van der Waals surface area contributed by atoms with Gasteiger partial charge in [-0.2, -0.15) is 0 Å². The van der Waals surface area contributed by atoms with Gasteiger partial charge < -0.3 is 28.7 Å². The van der Waals surface area contributed by atoms with Crippen LogP contribution in [0, 0.1) is 0 Å². The Morgan fingerprint density at radius 1 is 0.944 bits per heavy atom. The smallest absolute Gasteiger partial charge is 0.257 e. The van der Waals surface area contributed by atoms with Gasteiger partial charge in [-0.15, -0.1) is 0 Å². The summed E-state index contributed by atoms with van der Waals surface area (Å²) in [7, 11) is 3.15. The monoisotopic (exact) mass is 509 g/mol. The maximum Gasteiger partial charge on any atom is 0.257 e. The largest absolute Gasteiger partial charge is 0.493 e. The van der Waals surface area contributed by atoms with E-state index in [1.807, 2.05) is 18.2 Å². The summed E-state index contributed by atoms with van der Waals surface area (Å²) < 4.78 is 27.3. The van der Waals surface area contributed by atoms with Crippen LogP contribution in [0.4, 0.5) is 0 Å². The average Bonchev–Trinajstić information content (AvgIpc) is 2.90. The van der Waals surface area contributed by atoms with Gasteiger partial charge in [0, 0.05) is 12.6 Å². The van der Waals surface area contributed by atoms with Crippen LogP contribution >= 0.6 is 11.6 Å². The number of nitrogens with one attached hydrogen (secondary N) is 1. The highest BCUT2D eigenvalue weighted by atomic mass is 35.5. The fourth-order valence-electron chi connectivity index (χ4n) is 3.48. The summed E-state index contributed by atoms with van der Waals surface area (Å²) in [6.07, 6.45) is 1.84. The lowest BCUT2D eigenvalue weighted by atomic mass is 10.1. The number of fused-ring (bicyclic) bond motifs is 1. The molecule has 0 bridgehead atoms. The zero-order chi connectivity index (χ0) is 25.5. The molecular weight excluding hydrogens is 486 g/mol. The van der Waals surface area contributed by atoms with E-state index in [4.69, 9.17) is 35.0 Å². The second-order valence-corrected chi connectivity index (χ2v) is 8.10. The zero-order valence-electron chi connectivity index (χ0n) is 19.7. The van der Waals surface area contributed by atoms with E-state index < -0.39 is 0 Å². The van der Waals surface area contributed by atoms with Crippen molar-refractivity contribution >= 4 is 28.5 Å². The molecule has 3 aromatic carbocycles. The van der Waals surface area contributed by atoms with Gasteiger partial charge in [-0.25, -0.2) is 0 Å². The standard InChI is InChI=1S/C27H24ClNO7/c1-32-22-10-7-17(13-24(22)33-2)11-12-29-26(30)16-34-18-8-9-19-23(14-18)35-15-25(27(19)31)36-21-6-4-3-5-20(21)28/h3-10,13-15H,11-12,16H2,1-2H3,(H,29,30). The molecule has 0 saturated heterocycles. The van der Waals surface area contributed by atoms with Crippen LogP contribution < -0.4 is 29.7 Å². The highest BCUT2D eigenvalue weighted by Crippen LogP contribution is 2.29. The minimum atomic E-state index is -0.351. The van der Waals surface area contributed by atoms with Gasteiger partial charge in [-0.05, 0) is 48.4 Å². The fourth-order valence-corrected chi connectivity index (χ4v) is 3.65. The third-order valence-electron chi connectivity index (χ3n) is 5.32. The first-order chi connectivity index (χ1) is 17.5. The first kappa shape index (κ1) is 24.9. The van der Waals surface area contributed by atoms with Gasteiger partial charge in [0.15, 0.2) is 18.1 Å². The van der Waals surface area contributed by atoms with Crippen molar-refractivity contribution in [2.75, 3.05) is 27.4 Å². The van der Waals surface area contributed by atoms with Crippen LogP contribution in [0.3, 0.4) is 0 Å². The first-order valence-electron chi connectivity index (χ1n) is 11.1. The lowest BCUT2D eigenvalue weighted by molar-refractivity contribution is -0.123. The number of amides is 1. The molecule has 1 amide bonds. The number of halogens is 1. The summed E-state index contributed by atoms with van der Waals surface area (Å²) in [6, 6.07) is 17.1. The van der Waals surface area contributed by atoms with Gasteiger partial charge in [0.25, 0.3) is 5.91 Å². The molecule has 0 aliphatic carbocycles. The number of benzene rings is 3. The van der Waals surface area contributed by atoms with Gasteiger partial charge in [-0.1, -0.05) is 29.8 Å². The van der Waals surface area contributed by atoms with E-state index in [9.17, 15) is 9.59 Å². The van der Waals surface area contributed by atoms with E-state index in [1.54, 1.807) is 56.7 Å². The molecule has 8 nitrogen and oxygen atoms in total. The topological polar surface area (TPSA) is 96.2 Å². The zero-order valence-corrected chi connectivity index (χ0v) is 20.5. The summed E-state index contributed by atoms with van der Waals surface area (Å²) in [4.78, 5) is 25.0. The number of hydrogen-bond donors (Lipinski definition) is 1. The molecule has 4 rings (SSSR count). The molecule has 0 saturated carbocycles. The summed E-state index contributed by atoms with van der Waals surface area (Å²) in [6.45, 7) is 0.244. The molecule has 0 unspecified atom stereocenters. The van der Waals surface area contributed by atoms with E-state index in [2.05, 4.69) is 5.32 Å². The Morgan fingerprint density at radius 2 is 1.75 bits per heavy atom. The number of para-hydroxylation sites is 1. The third kappa shape index (κ3) is 5.90. The van der Waals surface area contributed by atoms with Crippen LogP contribution in [0.2, 0.25) is 5.02 Å². The summed E-state index contributed by atoms with van der Waals surface area (Å²) in [5.41, 5.74) is 0.949. The summed E-state index contributed by atoms with van der Waals surface area (Å²) in [5, 5.41) is 3.50. The number of hydrogen-bond acceptors (Lipinski definition) is 7. The molecule has 186 valence electrons. The molecule has 0 radical (unpaired) electrons. The SMILES string of the molecule is COc1ccc(CCNC(=O)COc2ccc3c(=O)c(Oc4ccccc4Cl)coc3c2)cc1OC. The van der Waals surface area contributed by atoms with Crippen molar-refractivity contribution in [3.8, 4) is 28.7 Å². The number of rotatable bonds is 10. The van der Waals surface area contributed by atoms with Gasteiger partial charge >= 0.3 is 0 Å². The molecule has 1 aromatic heterocycles. The van der Waals surface area contributed by atoms with Crippen LogP contribution in [0.25, 0.3) is 11.0 Å². The van der Waals surface area contributed by atoms with E-state index in [1.165, 1.54) is 6.26 Å². The molecule has 0 aliphatic rings. The Hall–Kier alpha value is -4.17. The van der Waals surface area contributed by atoms with Gasteiger partial charge in [0.2, 0.25) is 11.2 Å². The van der Waals surface area contributed by atoms with Crippen molar-refractivity contribution in [3.63, 3.8) is 0 Å². The lowest BCUT2D eigenvalue weighted by Gasteiger charge is -2.11. The number of carbonyl (C=O) groups is 1. The van der Waals surface area contributed by atoms with Crippen molar-refractivity contribution in [2.24, 2.45) is 0 Å². The highest BCUT2D eigenvalue weighted by molar-refractivity contribution is 6.32. The van der Waals surface area contributed by atoms with Crippen molar-refractivity contribution in [2.45, 2.75) is 6.42 Å². The van der Waals surface area contributed by atoms with Crippen molar-refractivity contribution in [3.05, 3.63) is 87.7 Å². The highest BCUT2D eigenvalue weighted by Gasteiger charge is 2.12. The predicted molar refractivity (Wildman–Crippen MR) is 136 cm³/mol. The first-order valence-corrected chi connectivity index (χ1v) is 11.4. The van der Waals surface area contributed by atoms with Crippen LogP contribution in [0.1, 0.15) is 5.56 Å². The fraction of sp³-hybridized carbons (Fsp3) is 0.185. The molecule has 0 fully saturated rings. The molecule has 0 atom stereocenters. The number of ether oxygens (including phenoxy) is 4. The minimum absolute atomic E-state index is 0.0122. The maximum absolute atomic E-state index is 12.8. The Labute approximate surface area is 212 Å². The third-order valence-corrected chi connectivity index (χ3v) is 5.64. The van der Waals surface area contributed by atoms with Gasteiger partial charge in [0.1, 0.15) is 23.3 Å². The summed E-state index contributed by atoms with van der Waals surface area (Å²) >= 11 is 6.10. The maximum atomic E-state index is 12.8. The lowest BCUT2D eigenvalue weighted by Crippen LogP contribution is -2.30. The van der Waals surface area contributed by atoms with Crippen molar-refractivity contribution < 1.29 is 28.2 Å². The Balaban J connectivity index is 1.32. The molecule has 1 heterocycles. The average molecular weight is 510 g/mol. The van der Waals surface area contributed by atoms with Crippen LogP contribution in [-0.2, 0) is 11.2 Å². The molecule has 36 heavy (non-hydrogen) atoms. The van der Waals surface area contributed by atoms with E-state index in [-0.39, 0.29) is 23.7 Å². The van der Waals surface area contributed by atoms with E-state index in [0.29, 0.717) is 52.0 Å². The second kappa shape index (κ2) is 11.5. The van der Waals surface area contributed by atoms with Crippen molar-refractivity contribution in [1.29, 1.82) is 0 Å². The Morgan fingerprint density at radius 3 is 2.53 bits per heavy atom. The van der Waals surface area contributed by atoms with Crippen LogP contribution in [0.5, 0.6) is 28.7 Å². The van der Waals surface area contributed by atoms with E-state index >= 15 is 0 Å². The quantitative estimate of drug-likeness (QED) is 0.321. The molecule has 4 aromatic rings. The van der Waals surface area contributed by atoms with Crippen LogP contribution in [0.15, 0.2) is 76.1 Å². The molecule has 0 spiro atoms. The second-order valence-electron chi connectivity index (χ2n) is 7.70. The Bertz CT molecular complexity index is 1430. The van der Waals surface area contributed by atoms with Gasteiger partial charge in [0.05, 0.1) is 24.6 Å². The Kier molecular flexibility index (Phi) is 7.97. The summed E-state index contributed by atoms with van der Waals surface area (Å²) in [5.74, 6) is 1.76. The van der Waals surface area contributed by atoms with Crippen LogP contribution in [-0.4, -0.2) is 33.3 Å². The predicted octanol–water partition coefficient (Wildman–Crippen LogP) is 4.99.